The zero-order valence-electron chi connectivity index (χ0n) is 22.5. The average molecular weight is 530 g/mol. The molecule has 39 heavy (non-hydrogen) atoms. The third kappa shape index (κ3) is 8.26. The van der Waals surface area contributed by atoms with Crippen molar-refractivity contribution in [3.8, 4) is 5.75 Å². The van der Waals surface area contributed by atoms with Crippen molar-refractivity contribution in [2.75, 3.05) is 52.9 Å². The molecule has 2 amide bonds. The molecule has 4 rings (SSSR count). The molecule has 0 aromatic heterocycles. The number of hydrogen-bond donors (Lipinski definition) is 0. The molecule has 0 saturated carbocycles. The fourth-order valence-corrected chi connectivity index (χ4v) is 4.70. The predicted octanol–water partition coefficient (Wildman–Crippen LogP) is 4.77. The van der Waals surface area contributed by atoms with Crippen molar-refractivity contribution in [3.05, 3.63) is 107 Å². The van der Waals surface area contributed by atoms with E-state index in [2.05, 4.69) is 17.0 Å². The maximum Gasteiger partial charge on any atom is 0.254 e. The first-order valence-electron chi connectivity index (χ1n) is 13.4. The summed E-state index contributed by atoms with van der Waals surface area (Å²) in [6, 6.07) is 23.5. The second-order valence-corrected chi connectivity index (χ2v) is 9.61. The first kappa shape index (κ1) is 28.0. The molecule has 0 unspecified atom stereocenters. The van der Waals surface area contributed by atoms with Gasteiger partial charge in [0, 0.05) is 63.4 Å². The Bertz CT molecular complexity index is 1240. The highest BCUT2D eigenvalue weighted by Gasteiger charge is 2.22. The zero-order valence-corrected chi connectivity index (χ0v) is 22.5. The number of piperazine rings is 1. The van der Waals surface area contributed by atoms with Crippen LogP contribution in [0.15, 0.2) is 84.9 Å². The minimum absolute atomic E-state index is 0.144. The molecule has 0 spiro atoms. The Hall–Kier alpha value is -3.97. The summed E-state index contributed by atoms with van der Waals surface area (Å²) in [5.74, 6) is 0.439. The highest BCUT2D eigenvalue weighted by atomic mass is 19.1. The molecule has 0 radical (unpaired) electrons. The van der Waals surface area contributed by atoms with E-state index in [1.165, 1.54) is 29.8 Å². The molecule has 0 bridgehead atoms. The highest BCUT2D eigenvalue weighted by Crippen LogP contribution is 2.19. The number of carbonyl (C=O) groups excluding carboxylic acids is 2. The standard InChI is InChI=1S/C32H36FN3O3/c1-39-30-12-6-5-10-27(30)11-7-19-36(32(38)28-14-16-29(33)17-15-28)25-22-34-20-23-35(24-21-34)31(37)18-13-26-8-3-2-4-9-26/h2-12,14-17H,13,18-25H2,1H3/b11-7+. The number of carbonyl (C=O) groups is 2. The first-order chi connectivity index (χ1) is 19.0. The lowest BCUT2D eigenvalue weighted by atomic mass is 10.1. The molecule has 1 saturated heterocycles. The van der Waals surface area contributed by atoms with E-state index in [1.807, 2.05) is 59.5 Å². The quantitative estimate of drug-likeness (QED) is 0.359. The molecule has 1 aliphatic heterocycles. The molecular formula is C32H36FN3O3. The van der Waals surface area contributed by atoms with Crippen molar-refractivity contribution in [3.63, 3.8) is 0 Å². The monoisotopic (exact) mass is 529 g/mol. The molecule has 1 fully saturated rings. The van der Waals surface area contributed by atoms with Gasteiger partial charge in [0.15, 0.2) is 0 Å². The Morgan fingerprint density at radius 3 is 2.33 bits per heavy atom. The molecule has 3 aromatic rings. The van der Waals surface area contributed by atoms with Crippen molar-refractivity contribution < 1.29 is 18.7 Å². The number of halogens is 1. The summed E-state index contributed by atoms with van der Waals surface area (Å²) in [5, 5.41) is 0. The Morgan fingerprint density at radius 1 is 0.923 bits per heavy atom. The van der Waals surface area contributed by atoms with Crippen molar-refractivity contribution in [2.45, 2.75) is 12.8 Å². The Kier molecular flexibility index (Phi) is 10.3. The predicted molar refractivity (Wildman–Crippen MR) is 152 cm³/mol. The summed E-state index contributed by atoms with van der Waals surface area (Å²) in [5.41, 5.74) is 2.56. The number of aryl methyl sites for hydroxylation is 1. The third-order valence-electron chi connectivity index (χ3n) is 7.02. The molecule has 6 nitrogen and oxygen atoms in total. The van der Waals surface area contributed by atoms with Crippen LogP contribution in [0.25, 0.3) is 6.08 Å². The molecule has 1 aliphatic rings. The number of benzene rings is 3. The van der Waals surface area contributed by atoms with Crippen LogP contribution in [0.4, 0.5) is 4.39 Å². The van der Waals surface area contributed by atoms with Gasteiger partial charge in [-0.25, -0.2) is 4.39 Å². The zero-order chi connectivity index (χ0) is 27.5. The van der Waals surface area contributed by atoms with Crippen LogP contribution in [0.2, 0.25) is 0 Å². The smallest absolute Gasteiger partial charge is 0.254 e. The fourth-order valence-electron chi connectivity index (χ4n) is 4.70. The van der Waals surface area contributed by atoms with Crippen LogP contribution in [-0.2, 0) is 11.2 Å². The lowest BCUT2D eigenvalue weighted by Crippen LogP contribution is -2.50. The topological polar surface area (TPSA) is 53.1 Å². The molecule has 3 aromatic carbocycles. The van der Waals surface area contributed by atoms with Crippen molar-refractivity contribution in [1.82, 2.24) is 14.7 Å². The lowest BCUT2D eigenvalue weighted by molar-refractivity contribution is -0.132. The van der Waals surface area contributed by atoms with E-state index in [9.17, 15) is 14.0 Å². The molecule has 1 heterocycles. The summed E-state index contributed by atoms with van der Waals surface area (Å²) in [6.07, 6.45) is 5.16. The van der Waals surface area contributed by atoms with Gasteiger partial charge in [0.05, 0.1) is 7.11 Å². The van der Waals surface area contributed by atoms with Crippen LogP contribution in [0, 0.1) is 5.82 Å². The Morgan fingerprint density at radius 2 is 1.62 bits per heavy atom. The average Bonchev–Trinajstić information content (AvgIpc) is 2.98. The second kappa shape index (κ2) is 14.3. The normalized spacial score (nSPS) is 13.9. The Balaban J connectivity index is 1.32. The fraction of sp³-hybridized carbons (Fsp3) is 0.312. The molecule has 7 heteroatoms. The van der Waals surface area contributed by atoms with Gasteiger partial charge in [-0.3, -0.25) is 14.5 Å². The summed E-state index contributed by atoms with van der Waals surface area (Å²) < 4.78 is 18.9. The Labute approximate surface area is 230 Å². The van der Waals surface area contributed by atoms with Crippen molar-refractivity contribution in [2.24, 2.45) is 0 Å². The molecule has 0 N–H and O–H groups in total. The van der Waals surface area contributed by atoms with Crippen LogP contribution in [0.5, 0.6) is 5.75 Å². The molecule has 0 atom stereocenters. The van der Waals surface area contributed by atoms with E-state index in [0.717, 1.165) is 30.8 Å². The number of ether oxygens (including phenoxy) is 1. The van der Waals surface area contributed by atoms with E-state index in [4.69, 9.17) is 4.74 Å². The second-order valence-electron chi connectivity index (χ2n) is 9.61. The SMILES string of the molecule is COc1ccccc1/C=C/CN(CCN1CCN(C(=O)CCc2ccccc2)CC1)C(=O)c1ccc(F)cc1. The number of rotatable bonds is 11. The van der Waals surface area contributed by atoms with Crippen LogP contribution in [0.3, 0.4) is 0 Å². The molecule has 204 valence electrons. The van der Waals surface area contributed by atoms with Gasteiger partial charge in [-0.2, -0.15) is 0 Å². The molecular weight excluding hydrogens is 493 g/mol. The van der Waals surface area contributed by atoms with Gasteiger partial charge in [0.25, 0.3) is 5.91 Å². The third-order valence-corrected chi connectivity index (χ3v) is 7.02. The van der Waals surface area contributed by atoms with E-state index in [0.29, 0.717) is 44.7 Å². The number of nitrogens with zero attached hydrogens (tertiary/aromatic N) is 3. The number of amides is 2. The van der Waals surface area contributed by atoms with Gasteiger partial charge in [-0.05, 0) is 42.3 Å². The van der Waals surface area contributed by atoms with Gasteiger partial charge in [-0.1, -0.05) is 60.7 Å². The van der Waals surface area contributed by atoms with E-state index in [1.54, 1.807) is 12.0 Å². The first-order valence-corrected chi connectivity index (χ1v) is 13.4. The van der Waals surface area contributed by atoms with Gasteiger partial charge < -0.3 is 14.5 Å². The number of hydrogen-bond acceptors (Lipinski definition) is 4. The van der Waals surface area contributed by atoms with Crippen LogP contribution < -0.4 is 4.74 Å². The van der Waals surface area contributed by atoms with Crippen LogP contribution in [0.1, 0.15) is 27.9 Å². The maximum atomic E-state index is 13.4. The summed E-state index contributed by atoms with van der Waals surface area (Å²) in [6.45, 7) is 4.54. The van der Waals surface area contributed by atoms with Gasteiger partial charge in [0.1, 0.15) is 11.6 Å². The minimum atomic E-state index is -0.370. The summed E-state index contributed by atoms with van der Waals surface area (Å²) in [7, 11) is 1.63. The highest BCUT2D eigenvalue weighted by molar-refractivity contribution is 5.94. The molecule has 0 aliphatic carbocycles. The summed E-state index contributed by atoms with van der Waals surface area (Å²) >= 11 is 0. The largest absolute Gasteiger partial charge is 0.496 e. The van der Waals surface area contributed by atoms with Gasteiger partial charge in [-0.15, -0.1) is 0 Å². The number of para-hydroxylation sites is 1. The van der Waals surface area contributed by atoms with Gasteiger partial charge in [0.2, 0.25) is 5.91 Å². The number of methoxy groups -OCH3 is 1. The minimum Gasteiger partial charge on any atom is -0.496 e. The van der Waals surface area contributed by atoms with Crippen molar-refractivity contribution in [1.29, 1.82) is 0 Å². The lowest BCUT2D eigenvalue weighted by Gasteiger charge is -2.36. The van der Waals surface area contributed by atoms with Gasteiger partial charge >= 0.3 is 0 Å². The van der Waals surface area contributed by atoms with Crippen LogP contribution >= 0.6 is 0 Å². The maximum absolute atomic E-state index is 13.4. The van der Waals surface area contributed by atoms with E-state index < -0.39 is 0 Å². The van der Waals surface area contributed by atoms with E-state index >= 15 is 0 Å². The van der Waals surface area contributed by atoms with Crippen molar-refractivity contribution >= 4 is 17.9 Å². The van der Waals surface area contributed by atoms with Crippen LogP contribution in [-0.4, -0.2) is 79.4 Å². The summed E-state index contributed by atoms with van der Waals surface area (Å²) in [4.78, 5) is 32.0. The van der Waals surface area contributed by atoms with E-state index in [-0.39, 0.29) is 17.6 Å².